The minimum Gasteiger partial charge on any atom is -0.495 e. The van der Waals surface area contributed by atoms with Crippen LogP contribution in [0.25, 0.3) is 22.5 Å². The van der Waals surface area contributed by atoms with Gasteiger partial charge in [0.1, 0.15) is 17.5 Å². The summed E-state index contributed by atoms with van der Waals surface area (Å²) < 4.78 is 22.6. The monoisotopic (exact) mass is 465 g/mol. The van der Waals surface area contributed by atoms with E-state index in [0.717, 1.165) is 12.8 Å². The second-order valence-corrected chi connectivity index (χ2v) is 7.57. The Balaban J connectivity index is 1.54. The number of nitrogens with one attached hydrogen (secondary N) is 3. The van der Waals surface area contributed by atoms with E-state index in [1.807, 2.05) is 0 Å². The molecule has 4 heterocycles. The molecule has 0 radical (unpaired) electrons. The van der Waals surface area contributed by atoms with Gasteiger partial charge in [-0.3, -0.25) is 4.79 Å². The summed E-state index contributed by atoms with van der Waals surface area (Å²) in [6, 6.07) is 5.06. The SMILES string of the molecule is CNC(=O)c1ccc(Nc2nc(OC3CCOCC3)c3c(-c4nnco4)c[nH]c3n2)c(OC)c1. The maximum absolute atomic E-state index is 12.0. The molecule has 0 aliphatic carbocycles. The fourth-order valence-corrected chi connectivity index (χ4v) is 3.75. The molecular formula is C22H23N7O5. The summed E-state index contributed by atoms with van der Waals surface area (Å²) in [4.78, 5) is 24.4. The summed E-state index contributed by atoms with van der Waals surface area (Å²) in [7, 11) is 3.10. The number of H-pyrrole nitrogens is 1. The fraction of sp³-hybridized carbons (Fsp3) is 0.318. The van der Waals surface area contributed by atoms with Gasteiger partial charge in [-0.1, -0.05) is 0 Å². The molecule has 176 valence electrons. The number of amides is 1. The topological polar surface area (TPSA) is 149 Å². The van der Waals surface area contributed by atoms with Gasteiger partial charge < -0.3 is 34.2 Å². The minimum absolute atomic E-state index is 0.0495. The lowest BCUT2D eigenvalue weighted by Crippen LogP contribution is -2.26. The number of aromatic amines is 1. The molecule has 1 saturated heterocycles. The van der Waals surface area contributed by atoms with Crippen molar-refractivity contribution in [3.63, 3.8) is 0 Å². The summed E-state index contributed by atoms with van der Waals surface area (Å²) in [6.45, 7) is 1.26. The highest BCUT2D eigenvalue weighted by molar-refractivity contribution is 5.96. The van der Waals surface area contributed by atoms with E-state index in [9.17, 15) is 4.79 Å². The Morgan fingerprint density at radius 2 is 2.09 bits per heavy atom. The first-order valence-electron chi connectivity index (χ1n) is 10.7. The molecule has 4 aromatic rings. The highest BCUT2D eigenvalue weighted by Gasteiger charge is 2.23. The first-order valence-corrected chi connectivity index (χ1v) is 10.7. The van der Waals surface area contributed by atoms with Crippen LogP contribution in [0.1, 0.15) is 23.2 Å². The van der Waals surface area contributed by atoms with Gasteiger partial charge in [0.25, 0.3) is 5.91 Å². The van der Waals surface area contributed by atoms with Crippen molar-refractivity contribution < 1.29 is 23.4 Å². The highest BCUT2D eigenvalue weighted by atomic mass is 16.5. The lowest BCUT2D eigenvalue weighted by molar-refractivity contribution is 0.0244. The van der Waals surface area contributed by atoms with Crippen molar-refractivity contribution in [1.82, 2.24) is 30.5 Å². The highest BCUT2D eigenvalue weighted by Crippen LogP contribution is 2.36. The number of anilines is 2. The van der Waals surface area contributed by atoms with E-state index < -0.39 is 0 Å². The number of benzene rings is 1. The Kier molecular flexibility index (Phi) is 5.95. The van der Waals surface area contributed by atoms with Crippen LogP contribution in [-0.2, 0) is 4.74 Å². The molecule has 3 N–H and O–H groups in total. The molecule has 5 rings (SSSR count). The molecule has 1 amide bonds. The summed E-state index contributed by atoms with van der Waals surface area (Å²) >= 11 is 0. The predicted molar refractivity (Wildman–Crippen MR) is 121 cm³/mol. The van der Waals surface area contributed by atoms with E-state index in [4.69, 9.17) is 18.6 Å². The zero-order valence-corrected chi connectivity index (χ0v) is 18.6. The van der Waals surface area contributed by atoms with Crippen LogP contribution >= 0.6 is 0 Å². The molecule has 0 unspecified atom stereocenters. The zero-order chi connectivity index (χ0) is 23.5. The minimum atomic E-state index is -0.213. The first kappa shape index (κ1) is 21.6. The second kappa shape index (κ2) is 9.35. The Morgan fingerprint density at radius 3 is 2.82 bits per heavy atom. The van der Waals surface area contributed by atoms with E-state index in [2.05, 4.69) is 35.8 Å². The number of aromatic nitrogens is 5. The van der Waals surface area contributed by atoms with Crippen molar-refractivity contribution in [2.24, 2.45) is 0 Å². The van der Waals surface area contributed by atoms with Crippen LogP contribution in [0.5, 0.6) is 11.6 Å². The van der Waals surface area contributed by atoms with Gasteiger partial charge in [0.15, 0.2) is 0 Å². The molecule has 1 aliphatic heterocycles. The Bertz CT molecular complexity index is 1300. The van der Waals surface area contributed by atoms with Crippen molar-refractivity contribution in [1.29, 1.82) is 0 Å². The molecule has 34 heavy (non-hydrogen) atoms. The molecule has 12 heteroatoms. The molecule has 12 nitrogen and oxygen atoms in total. The fourth-order valence-electron chi connectivity index (χ4n) is 3.75. The lowest BCUT2D eigenvalue weighted by atomic mass is 10.1. The van der Waals surface area contributed by atoms with E-state index >= 15 is 0 Å². The average Bonchev–Trinajstić information content (AvgIpc) is 3.54. The number of fused-ring (bicyclic) bond motifs is 1. The first-order chi connectivity index (χ1) is 16.7. The number of carbonyl (C=O) groups is 1. The normalized spacial score (nSPS) is 14.2. The molecule has 1 aliphatic rings. The van der Waals surface area contributed by atoms with Crippen LogP contribution in [0.4, 0.5) is 11.6 Å². The van der Waals surface area contributed by atoms with E-state index in [-0.39, 0.29) is 12.0 Å². The number of hydrogen-bond donors (Lipinski definition) is 3. The third-order valence-electron chi connectivity index (χ3n) is 5.47. The molecule has 0 spiro atoms. The largest absolute Gasteiger partial charge is 0.495 e. The molecule has 3 aromatic heterocycles. The smallest absolute Gasteiger partial charge is 0.251 e. The molecule has 1 aromatic carbocycles. The number of methoxy groups -OCH3 is 1. The van der Waals surface area contributed by atoms with Crippen LogP contribution in [0.15, 0.2) is 35.2 Å². The van der Waals surface area contributed by atoms with Gasteiger partial charge >= 0.3 is 0 Å². The Morgan fingerprint density at radius 1 is 1.24 bits per heavy atom. The maximum atomic E-state index is 12.0. The van der Waals surface area contributed by atoms with Crippen molar-refractivity contribution in [3.8, 4) is 23.1 Å². The van der Waals surface area contributed by atoms with E-state index in [0.29, 0.717) is 64.5 Å². The summed E-state index contributed by atoms with van der Waals surface area (Å²) in [6.07, 6.45) is 4.45. The average molecular weight is 465 g/mol. The van der Waals surface area contributed by atoms with Crippen LogP contribution in [0, 0.1) is 0 Å². The van der Waals surface area contributed by atoms with Crippen molar-refractivity contribution in [2.45, 2.75) is 18.9 Å². The summed E-state index contributed by atoms with van der Waals surface area (Å²) in [5.41, 5.74) is 2.25. The van der Waals surface area contributed by atoms with Gasteiger partial charge in [-0.15, -0.1) is 10.2 Å². The predicted octanol–water partition coefficient (Wildman–Crippen LogP) is 2.68. The number of carbonyl (C=O) groups excluding carboxylic acids is 1. The van der Waals surface area contributed by atoms with Crippen LogP contribution in [-0.4, -0.2) is 64.5 Å². The number of rotatable bonds is 7. The van der Waals surface area contributed by atoms with Gasteiger partial charge in [-0.2, -0.15) is 9.97 Å². The van der Waals surface area contributed by atoms with E-state index in [1.54, 1.807) is 31.4 Å². The number of ether oxygens (including phenoxy) is 3. The van der Waals surface area contributed by atoms with Gasteiger partial charge in [0, 0.05) is 31.6 Å². The van der Waals surface area contributed by atoms with Crippen molar-refractivity contribution >= 4 is 28.6 Å². The van der Waals surface area contributed by atoms with Crippen molar-refractivity contribution in [3.05, 3.63) is 36.4 Å². The van der Waals surface area contributed by atoms with Gasteiger partial charge in [0.2, 0.25) is 24.1 Å². The molecule has 0 bridgehead atoms. The summed E-state index contributed by atoms with van der Waals surface area (Å²) in [5, 5.41) is 14.2. The summed E-state index contributed by atoms with van der Waals surface area (Å²) in [5.74, 6) is 1.26. The van der Waals surface area contributed by atoms with Crippen LogP contribution in [0.2, 0.25) is 0 Å². The van der Waals surface area contributed by atoms with Crippen molar-refractivity contribution in [2.75, 3.05) is 32.7 Å². The van der Waals surface area contributed by atoms with Crippen LogP contribution < -0.4 is 20.1 Å². The number of hydrogen-bond acceptors (Lipinski definition) is 10. The van der Waals surface area contributed by atoms with E-state index in [1.165, 1.54) is 13.5 Å². The standard InChI is InChI=1S/C22H23N7O5/c1-23-19(30)12-3-4-15(16(9-12)31-2)26-22-27-18-17(14(10-24-18)20-29-25-11-33-20)21(28-22)34-13-5-7-32-8-6-13/h3-4,9-11,13H,5-8H2,1-2H3,(H,23,30)(H2,24,26,27,28). The van der Waals surface area contributed by atoms with Crippen LogP contribution in [0.3, 0.4) is 0 Å². The quantitative estimate of drug-likeness (QED) is 0.372. The Labute approximate surface area is 194 Å². The maximum Gasteiger partial charge on any atom is 0.251 e. The molecule has 0 atom stereocenters. The number of nitrogens with zero attached hydrogens (tertiary/aromatic N) is 4. The third-order valence-corrected chi connectivity index (χ3v) is 5.47. The molecule has 1 fully saturated rings. The zero-order valence-electron chi connectivity index (χ0n) is 18.6. The second-order valence-electron chi connectivity index (χ2n) is 7.57. The third kappa shape index (κ3) is 4.22. The van der Waals surface area contributed by atoms with Gasteiger partial charge in [0.05, 0.1) is 37.0 Å². The van der Waals surface area contributed by atoms with Gasteiger partial charge in [-0.25, -0.2) is 0 Å². The van der Waals surface area contributed by atoms with Gasteiger partial charge in [-0.05, 0) is 18.2 Å². The molecular weight excluding hydrogens is 442 g/mol. The Hall–Kier alpha value is -4.19. The lowest BCUT2D eigenvalue weighted by Gasteiger charge is -2.23. The molecule has 0 saturated carbocycles.